The topological polar surface area (TPSA) is 32.6 Å². The lowest BCUT2D eigenvalue weighted by atomic mass is 10.2. The largest absolute Gasteiger partial charge is 0.272 e. The normalized spacial score (nSPS) is 20.1. The molecule has 1 amide bonds. The van der Waals surface area contributed by atoms with Crippen LogP contribution in [0.1, 0.15) is 25.1 Å². The molecule has 1 fully saturated rings. The molecule has 3 heteroatoms. The fourth-order valence-corrected chi connectivity index (χ4v) is 1.24. The number of hydroxylamine groups is 2. The van der Waals surface area contributed by atoms with E-state index < -0.39 is 0 Å². The molecule has 1 saturated heterocycles. The van der Waals surface area contributed by atoms with Crippen LogP contribution in [0.2, 0.25) is 0 Å². The minimum Gasteiger partial charge on any atom is -0.272 e. The number of rotatable bonds is 2. The number of carbonyl (C=O) groups excluding carboxylic acids is 1. The van der Waals surface area contributed by atoms with Crippen LogP contribution in [0.15, 0.2) is 30.3 Å². The molecule has 1 aromatic carbocycles. The van der Waals surface area contributed by atoms with Gasteiger partial charge in [0.15, 0.2) is 0 Å². The number of amides is 1. The van der Waals surface area contributed by atoms with Crippen molar-refractivity contribution in [1.29, 1.82) is 0 Å². The smallest absolute Gasteiger partial charge is 0.248 e. The minimum absolute atomic E-state index is 0.0360. The van der Waals surface area contributed by atoms with Crippen molar-refractivity contribution in [2.45, 2.75) is 19.6 Å². The van der Waals surface area contributed by atoms with Crippen molar-refractivity contribution in [3.05, 3.63) is 35.9 Å². The summed E-state index contributed by atoms with van der Waals surface area (Å²) in [5, 5.41) is 1.41. The Hall–Kier alpha value is -1.35. The first-order valence-electron chi connectivity index (χ1n) is 4.36. The molecule has 1 aromatic rings. The molecule has 0 radical (unpaired) electrons. The van der Waals surface area contributed by atoms with Crippen LogP contribution in [0.4, 0.5) is 0 Å². The van der Waals surface area contributed by atoms with E-state index in [0.29, 0.717) is 6.42 Å². The van der Waals surface area contributed by atoms with Gasteiger partial charge in [0.1, 0.15) is 0 Å². The van der Waals surface area contributed by atoms with E-state index in [4.69, 9.17) is 4.84 Å². The van der Waals surface area contributed by atoms with Crippen LogP contribution in [0.25, 0.3) is 0 Å². The molecule has 0 N–H and O–H groups in total. The molecule has 0 aromatic heterocycles. The van der Waals surface area contributed by atoms with Crippen molar-refractivity contribution in [2.75, 3.05) is 0 Å². The lowest BCUT2D eigenvalue weighted by Crippen LogP contribution is -2.08. The molecule has 3 nitrogen and oxygen atoms in total. The number of nitrogens with zero attached hydrogens (tertiary/aromatic N) is 1. The van der Waals surface area contributed by atoms with Gasteiger partial charge in [-0.05, 0) is 0 Å². The summed E-state index contributed by atoms with van der Waals surface area (Å²) in [5.41, 5.74) is 1.03. The number of hydrogen-bond donors (Lipinski definition) is 0. The maximum absolute atomic E-state index is 11.2. The van der Waals surface area contributed by atoms with Gasteiger partial charge in [-0.15, -0.1) is 0 Å². The molecule has 0 saturated carbocycles. The summed E-state index contributed by atoms with van der Waals surface area (Å²) >= 11 is 0. The van der Waals surface area contributed by atoms with Crippen LogP contribution in [0, 0.1) is 0 Å². The molecule has 0 bridgehead atoms. The molecule has 1 heterocycles. The highest BCUT2D eigenvalue weighted by atomic mass is 16.8. The van der Waals surface area contributed by atoms with Crippen molar-refractivity contribution in [2.24, 2.45) is 0 Å². The Morgan fingerprint density at radius 3 is 2.77 bits per heavy atom. The molecule has 0 aliphatic carbocycles. The van der Waals surface area contributed by atoms with Crippen molar-refractivity contribution >= 4 is 5.91 Å². The van der Waals surface area contributed by atoms with Gasteiger partial charge < -0.3 is 0 Å². The standard InChI is InChI=1S/C10H11NO2/c1-2-9(12)11-10(13-11)8-6-4-3-5-7-8/h3-7,10H,2H2,1H3. The average Bonchev–Trinajstić information content (AvgIpc) is 2.98. The Bertz CT molecular complexity index is 310. The van der Waals surface area contributed by atoms with E-state index in [1.807, 2.05) is 37.3 Å². The van der Waals surface area contributed by atoms with Gasteiger partial charge in [-0.3, -0.25) is 4.79 Å². The van der Waals surface area contributed by atoms with E-state index in [9.17, 15) is 4.79 Å². The lowest BCUT2D eigenvalue weighted by Gasteiger charge is -1.94. The number of hydrogen-bond acceptors (Lipinski definition) is 2. The molecule has 68 valence electrons. The Morgan fingerprint density at radius 1 is 1.46 bits per heavy atom. The van der Waals surface area contributed by atoms with Gasteiger partial charge in [-0.25, -0.2) is 4.84 Å². The van der Waals surface area contributed by atoms with Crippen LogP contribution >= 0.6 is 0 Å². The van der Waals surface area contributed by atoms with Gasteiger partial charge in [0, 0.05) is 12.0 Å². The van der Waals surface area contributed by atoms with E-state index in [-0.39, 0.29) is 12.1 Å². The average molecular weight is 177 g/mol. The molecule has 1 aliphatic rings. The Kier molecular flexibility index (Phi) is 2.02. The van der Waals surface area contributed by atoms with Gasteiger partial charge in [0.05, 0.1) is 0 Å². The number of carbonyl (C=O) groups is 1. The van der Waals surface area contributed by atoms with E-state index >= 15 is 0 Å². The molecule has 1 aliphatic heterocycles. The minimum atomic E-state index is -0.145. The monoisotopic (exact) mass is 177 g/mol. The highest BCUT2D eigenvalue weighted by Gasteiger charge is 2.41. The zero-order valence-corrected chi connectivity index (χ0v) is 7.43. The SMILES string of the molecule is CCC(=O)N1OC1c1ccccc1. The van der Waals surface area contributed by atoms with E-state index in [2.05, 4.69) is 0 Å². The molecular weight excluding hydrogens is 166 g/mol. The summed E-state index contributed by atoms with van der Waals surface area (Å²) < 4.78 is 0. The molecule has 1 unspecified atom stereocenters. The van der Waals surface area contributed by atoms with Crippen molar-refractivity contribution in [3.8, 4) is 0 Å². The highest BCUT2D eigenvalue weighted by molar-refractivity contribution is 5.76. The van der Waals surface area contributed by atoms with Crippen LogP contribution in [-0.4, -0.2) is 11.0 Å². The summed E-state index contributed by atoms with van der Waals surface area (Å²) in [6, 6.07) is 9.72. The van der Waals surface area contributed by atoms with Crippen LogP contribution in [0.3, 0.4) is 0 Å². The quantitative estimate of drug-likeness (QED) is 0.646. The Morgan fingerprint density at radius 2 is 2.15 bits per heavy atom. The lowest BCUT2D eigenvalue weighted by molar-refractivity contribution is -0.131. The van der Waals surface area contributed by atoms with Gasteiger partial charge in [-0.2, -0.15) is 5.06 Å². The van der Waals surface area contributed by atoms with Gasteiger partial charge >= 0.3 is 0 Å². The summed E-state index contributed by atoms with van der Waals surface area (Å²) in [6.07, 6.45) is 0.345. The van der Waals surface area contributed by atoms with Crippen molar-refractivity contribution in [1.82, 2.24) is 5.06 Å². The summed E-state index contributed by atoms with van der Waals surface area (Å²) in [5.74, 6) is 0.0360. The van der Waals surface area contributed by atoms with Crippen molar-refractivity contribution < 1.29 is 9.63 Å². The third-order valence-electron chi connectivity index (χ3n) is 2.01. The summed E-state index contributed by atoms with van der Waals surface area (Å²) in [6.45, 7) is 1.83. The maximum atomic E-state index is 11.2. The van der Waals surface area contributed by atoms with E-state index in [1.54, 1.807) is 0 Å². The van der Waals surface area contributed by atoms with Gasteiger partial charge in [0.25, 0.3) is 0 Å². The first-order chi connectivity index (χ1) is 6.33. The second kappa shape index (κ2) is 3.18. The summed E-state index contributed by atoms with van der Waals surface area (Å²) in [4.78, 5) is 16.3. The molecule has 0 spiro atoms. The summed E-state index contributed by atoms with van der Waals surface area (Å²) in [7, 11) is 0. The van der Waals surface area contributed by atoms with E-state index in [0.717, 1.165) is 5.56 Å². The highest BCUT2D eigenvalue weighted by Crippen LogP contribution is 2.36. The first kappa shape index (κ1) is 8.26. The third-order valence-corrected chi connectivity index (χ3v) is 2.01. The first-order valence-corrected chi connectivity index (χ1v) is 4.36. The predicted molar refractivity (Wildman–Crippen MR) is 47.4 cm³/mol. The Labute approximate surface area is 76.9 Å². The molecule has 2 rings (SSSR count). The van der Waals surface area contributed by atoms with Gasteiger partial charge in [0.2, 0.25) is 12.1 Å². The zero-order chi connectivity index (χ0) is 9.26. The zero-order valence-electron chi connectivity index (χ0n) is 7.43. The maximum Gasteiger partial charge on any atom is 0.248 e. The van der Waals surface area contributed by atoms with Crippen LogP contribution in [0.5, 0.6) is 0 Å². The van der Waals surface area contributed by atoms with Crippen molar-refractivity contribution in [3.63, 3.8) is 0 Å². The second-order valence-electron chi connectivity index (χ2n) is 2.94. The fraction of sp³-hybridized carbons (Fsp3) is 0.300. The molecular formula is C10H11NO2. The Balaban J connectivity index is 2.04. The predicted octanol–water partition coefficient (Wildman–Crippen LogP) is 1.87. The second-order valence-corrected chi connectivity index (χ2v) is 2.94. The number of benzene rings is 1. The van der Waals surface area contributed by atoms with Crippen LogP contribution < -0.4 is 0 Å². The molecule has 13 heavy (non-hydrogen) atoms. The van der Waals surface area contributed by atoms with Crippen LogP contribution in [-0.2, 0) is 9.63 Å². The third kappa shape index (κ3) is 1.55. The molecule has 1 atom stereocenters. The van der Waals surface area contributed by atoms with Gasteiger partial charge in [-0.1, -0.05) is 37.3 Å². The fourth-order valence-electron chi connectivity index (χ4n) is 1.24. The van der Waals surface area contributed by atoms with E-state index in [1.165, 1.54) is 5.06 Å².